The number of halogens is 1. The van der Waals surface area contributed by atoms with Crippen LogP contribution < -0.4 is 16.4 Å². The van der Waals surface area contributed by atoms with Gasteiger partial charge in [0.25, 0.3) is 0 Å². The molecule has 0 aromatic heterocycles. The minimum atomic E-state index is -0.260. The van der Waals surface area contributed by atoms with Crippen molar-refractivity contribution < 1.29 is 9.59 Å². The molecule has 0 bridgehead atoms. The van der Waals surface area contributed by atoms with E-state index in [1.54, 1.807) is 26.0 Å². The van der Waals surface area contributed by atoms with Gasteiger partial charge < -0.3 is 16.4 Å². The minimum absolute atomic E-state index is 0.128. The maximum absolute atomic E-state index is 11.7. The number of amides is 2. The first-order valence-corrected chi connectivity index (χ1v) is 7.28. The van der Waals surface area contributed by atoms with Crippen LogP contribution in [-0.2, 0) is 9.59 Å². The highest BCUT2D eigenvalue weighted by Crippen LogP contribution is 2.14. The van der Waals surface area contributed by atoms with E-state index in [0.717, 1.165) is 10.2 Å². The fraction of sp³-hybridized carbons (Fsp3) is 0.429. The van der Waals surface area contributed by atoms with Crippen LogP contribution in [0.1, 0.15) is 20.3 Å². The van der Waals surface area contributed by atoms with Crippen molar-refractivity contribution in [2.75, 3.05) is 11.9 Å². The summed E-state index contributed by atoms with van der Waals surface area (Å²) in [5.41, 5.74) is 6.37. The summed E-state index contributed by atoms with van der Waals surface area (Å²) >= 11 is 3.32. The molecule has 6 heteroatoms. The first-order valence-electron chi connectivity index (χ1n) is 6.49. The molecule has 0 aliphatic heterocycles. The van der Waals surface area contributed by atoms with Crippen molar-refractivity contribution in [1.82, 2.24) is 5.32 Å². The summed E-state index contributed by atoms with van der Waals surface area (Å²) < 4.78 is 0.952. The molecule has 0 aliphatic rings. The molecular weight excluding hydrogens is 322 g/mol. The van der Waals surface area contributed by atoms with Crippen molar-refractivity contribution in [3.63, 3.8) is 0 Å². The van der Waals surface area contributed by atoms with Crippen LogP contribution >= 0.6 is 15.9 Å². The number of nitrogens with one attached hydrogen (secondary N) is 2. The lowest BCUT2D eigenvalue weighted by Crippen LogP contribution is -2.39. The Hall–Kier alpha value is -1.40. The van der Waals surface area contributed by atoms with E-state index >= 15 is 0 Å². The molecule has 2 amide bonds. The Morgan fingerprint density at radius 3 is 2.40 bits per heavy atom. The Morgan fingerprint density at radius 2 is 1.85 bits per heavy atom. The molecule has 0 radical (unpaired) electrons. The van der Waals surface area contributed by atoms with Gasteiger partial charge in [-0.1, -0.05) is 22.9 Å². The second-order valence-corrected chi connectivity index (χ2v) is 5.66. The largest absolute Gasteiger partial charge is 0.355 e. The molecule has 2 unspecified atom stereocenters. The summed E-state index contributed by atoms with van der Waals surface area (Å²) in [6.45, 7) is 3.85. The number of nitrogens with two attached hydrogens (primary N) is 1. The molecule has 4 N–H and O–H groups in total. The molecule has 1 aromatic rings. The number of carbonyl (C=O) groups is 2. The van der Waals surface area contributed by atoms with Gasteiger partial charge in [-0.15, -0.1) is 0 Å². The van der Waals surface area contributed by atoms with Crippen LogP contribution in [0.25, 0.3) is 0 Å². The lowest BCUT2D eigenvalue weighted by atomic mass is 10.0. The highest BCUT2D eigenvalue weighted by molar-refractivity contribution is 9.10. The number of hydrogen-bond donors (Lipinski definition) is 3. The average Bonchev–Trinajstić information content (AvgIpc) is 2.40. The van der Waals surface area contributed by atoms with Crippen molar-refractivity contribution in [2.24, 2.45) is 11.7 Å². The molecule has 0 fully saturated rings. The first kappa shape index (κ1) is 16.7. The molecule has 2 atom stereocenters. The van der Waals surface area contributed by atoms with Gasteiger partial charge in [0.15, 0.2) is 0 Å². The van der Waals surface area contributed by atoms with Crippen LogP contribution in [-0.4, -0.2) is 24.4 Å². The molecule has 1 aromatic carbocycles. The molecule has 0 spiro atoms. The summed E-state index contributed by atoms with van der Waals surface area (Å²) in [6.07, 6.45) is 0.230. The number of hydrogen-bond acceptors (Lipinski definition) is 3. The normalized spacial score (nSPS) is 13.4. The molecule has 110 valence electrons. The summed E-state index contributed by atoms with van der Waals surface area (Å²) in [5.74, 6) is -0.526. The molecule has 0 saturated heterocycles. The van der Waals surface area contributed by atoms with E-state index in [2.05, 4.69) is 26.6 Å². The van der Waals surface area contributed by atoms with Crippen LogP contribution in [0.15, 0.2) is 28.7 Å². The van der Waals surface area contributed by atoms with Crippen LogP contribution in [0.5, 0.6) is 0 Å². The first-order chi connectivity index (χ1) is 9.40. The monoisotopic (exact) mass is 341 g/mol. The van der Waals surface area contributed by atoms with E-state index in [1.165, 1.54) is 0 Å². The van der Waals surface area contributed by atoms with E-state index in [-0.39, 0.29) is 30.2 Å². The molecule has 0 heterocycles. The topological polar surface area (TPSA) is 84.2 Å². The van der Waals surface area contributed by atoms with Crippen LogP contribution in [0, 0.1) is 5.92 Å². The van der Waals surface area contributed by atoms with Gasteiger partial charge in [-0.2, -0.15) is 0 Å². The summed E-state index contributed by atoms with van der Waals surface area (Å²) in [6, 6.07) is 7.10. The third-order valence-electron chi connectivity index (χ3n) is 2.98. The van der Waals surface area contributed by atoms with Crippen molar-refractivity contribution in [1.29, 1.82) is 0 Å². The van der Waals surface area contributed by atoms with E-state index in [9.17, 15) is 9.59 Å². The quantitative estimate of drug-likeness (QED) is 0.738. The standard InChI is InChI=1S/C14H20BrN3O2/c1-9(10(2)16)14(20)17-8-7-13(19)18-12-5-3-11(15)4-6-12/h3-6,9-10H,7-8,16H2,1-2H3,(H,17,20)(H,18,19). The molecule has 5 nitrogen and oxygen atoms in total. The summed E-state index contributed by atoms with van der Waals surface area (Å²) in [7, 11) is 0. The predicted octanol–water partition coefficient (Wildman–Crippen LogP) is 1.88. The van der Waals surface area contributed by atoms with Gasteiger partial charge in [0.05, 0.1) is 0 Å². The van der Waals surface area contributed by atoms with Gasteiger partial charge in [-0.25, -0.2) is 0 Å². The zero-order valence-corrected chi connectivity index (χ0v) is 13.2. The molecule has 1 rings (SSSR count). The van der Waals surface area contributed by atoms with Crippen molar-refractivity contribution in [2.45, 2.75) is 26.3 Å². The van der Waals surface area contributed by atoms with Gasteiger partial charge >= 0.3 is 0 Å². The van der Waals surface area contributed by atoms with Crippen LogP contribution in [0.4, 0.5) is 5.69 Å². The number of rotatable bonds is 6. The van der Waals surface area contributed by atoms with Gasteiger partial charge in [0.1, 0.15) is 0 Å². The summed E-state index contributed by atoms with van der Waals surface area (Å²) in [4.78, 5) is 23.3. The molecule has 20 heavy (non-hydrogen) atoms. The van der Waals surface area contributed by atoms with Gasteiger partial charge in [-0.3, -0.25) is 9.59 Å². The Balaban J connectivity index is 2.30. The maximum Gasteiger partial charge on any atom is 0.226 e. The van der Waals surface area contributed by atoms with Crippen molar-refractivity contribution >= 4 is 33.4 Å². The fourth-order valence-electron chi connectivity index (χ4n) is 1.46. The smallest absolute Gasteiger partial charge is 0.226 e. The van der Waals surface area contributed by atoms with E-state index in [1.807, 2.05) is 12.1 Å². The van der Waals surface area contributed by atoms with Gasteiger partial charge in [0.2, 0.25) is 11.8 Å². The van der Waals surface area contributed by atoms with E-state index < -0.39 is 0 Å². The Morgan fingerprint density at radius 1 is 1.25 bits per heavy atom. The van der Waals surface area contributed by atoms with Crippen LogP contribution in [0.3, 0.4) is 0 Å². The SMILES string of the molecule is CC(N)C(C)C(=O)NCCC(=O)Nc1ccc(Br)cc1. The molecule has 0 saturated carbocycles. The maximum atomic E-state index is 11.7. The van der Waals surface area contributed by atoms with Crippen molar-refractivity contribution in [3.8, 4) is 0 Å². The average molecular weight is 342 g/mol. The van der Waals surface area contributed by atoms with Crippen LogP contribution in [0.2, 0.25) is 0 Å². The van der Waals surface area contributed by atoms with E-state index in [4.69, 9.17) is 5.73 Å². The van der Waals surface area contributed by atoms with Gasteiger partial charge in [-0.05, 0) is 31.2 Å². The fourth-order valence-corrected chi connectivity index (χ4v) is 1.72. The second-order valence-electron chi connectivity index (χ2n) is 4.74. The zero-order valence-electron chi connectivity index (χ0n) is 11.7. The second kappa shape index (κ2) is 8.01. The number of anilines is 1. The zero-order chi connectivity index (χ0) is 15.1. The predicted molar refractivity (Wildman–Crippen MR) is 83.2 cm³/mol. The summed E-state index contributed by atoms with van der Waals surface area (Å²) in [5, 5.41) is 5.46. The van der Waals surface area contributed by atoms with Crippen molar-refractivity contribution in [3.05, 3.63) is 28.7 Å². The van der Waals surface area contributed by atoms with E-state index in [0.29, 0.717) is 6.54 Å². The highest BCUT2D eigenvalue weighted by atomic mass is 79.9. The van der Waals surface area contributed by atoms with Gasteiger partial charge in [0, 0.05) is 35.1 Å². The Bertz CT molecular complexity index is 460. The number of benzene rings is 1. The highest BCUT2D eigenvalue weighted by Gasteiger charge is 2.16. The third-order valence-corrected chi connectivity index (χ3v) is 3.51. The lowest BCUT2D eigenvalue weighted by Gasteiger charge is -2.15. The molecule has 0 aliphatic carbocycles. The Labute approximate surface area is 127 Å². The number of carbonyl (C=O) groups excluding carboxylic acids is 2. The minimum Gasteiger partial charge on any atom is -0.355 e. The Kier molecular flexibility index (Phi) is 6.67. The molecular formula is C14H20BrN3O2. The lowest BCUT2D eigenvalue weighted by molar-refractivity contribution is -0.125. The third kappa shape index (κ3) is 5.71.